The van der Waals surface area contributed by atoms with Gasteiger partial charge >= 0.3 is 0 Å². The molecule has 2 heterocycles. The van der Waals surface area contributed by atoms with Gasteiger partial charge in [-0.3, -0.25) is 0 Å². The van der Waals surface area contributed by atoms with Crippen LogP contribution in [0.4, 0.5) is 0 Å². The van der Waals surface area contributed by atoms with E-state index in [-0.39, 0.29) is 81.0 Å². The number of hydrogen-bond donors (Lipinski definition) is 11. The highest BCUT2D eigenvalue weighted by Gasteiger charge is 2.55. The highest BCUT2D eigenvalue weighted by Crippen LogP contribution is 2.30. The second-order valence-corrected chi connectivity index (χ2v) is 9.40. The molecule has 3 aliphatic rings. The molecule has 0 radical (unpaired) electrons. The number of quaternary nitrogens is 6. The van der Waals surface area contributed by atoms with Crippen LogP contribution in [0.5, 0.6) is 0 Å². The Balaban J connectivity index is -0.00000102. The summed E-state index contributed by atoms with van der Waals surface area (Å²) in [5, 5.41) is 52.4. The first-order valence-electron chi connectivity index (χ1n) is 11.4. The molecule has 0 spiro atoms. The summed E-state index contributed by atoms with van der Waals surface area (Å²) in [6.07, 6.45) is -11.1. The van der Waals surface area contributed by atoms with Crippen molar-refractivity contribution in [3.05, 3.63) is 0 Å². The lowest BCUT2D eigenvalue weighted by Crippen LogP contribution is -3.00. The lowest BCUT2D eigenvalue weighted by molar-refractivity contribution is -0.540. The Kier molecular flexibility index (Phi) is 24.3. The van der Waals surface area contributed by atoms with Crippen LogP contribution in [0.15, 0.2) is 0 Å². The lowest BCUT2D eigenvalue weighted by atomic mass is 9.84. The third-order valence-electron chi connectivity index (χ3n) is 7.05. The molecule has 23 N–H and O–H groups in total. The molecule has 0 aromatic carbocycles. The third kappa shape index (κ3) is 10.1. The number of halogens is 6. The summed E-state index contributed by atoms with van der Waals surface area (Å²) < 4.78 is 23.7. The summed E-state index contributed by atoms with van der Waals surface area (Å²) in [6.45, 7) is 0.498. The summed E-state index contributed by atoms with van der Waals surface area (Å²) in [4.78, 5) is 0. The second kappa shape index (κ2) is 20.2. The average molecular weight is 701 g/mol. The molecule has 3 rings (SSSR count). The lowest BCUT2D eigenvalue weighted by Gasteiger charge is -2.45. The fourth-order valence-electron chi connectivity index (χ4n) is 4.79. The Labute approximate surface area is 263 Å². The van der Waals surface area contributed by atoms with Crippen LogP contribution in [-0.2, 0) is 18.9 Å². The number of aliphatic hydroxyl groups is 5. The smallest absolute Gasteiger partial charge is 0.214 e. The Morgan fingerprint density at radius 3 is 1.51 bits per heavy atom. The van der Waals surface area contributed by atoms with Gasteiger partial charge in [-0.25, -0.2) is 0 Å². The molecular weight excluding hydrogens is 657 g/mol. The highest BCUT2D eigenvalue weighted by atomic mass is 35.5. The standard InChI is InChI=1S/C18H38N6O9.6ClH/c19-2-6-8(23)12(27)14(29)18(30-6)33-16-10(25)4(21)1-5(22)15(16)32-17-9(24)13(28)11(26)7(3-20)31-17;;;;;;/h4-18,25-29H,1-3,19-24H2;6*1H/t4-,5+,6-,7-,8-,9-,10+,11-,12+,13-,14-,15-,16-,17-,18+;;;;;;/m1....../s1. The number of ether oxygens (including phenoxy) is 4. The van der Waals surface area contributed by atoms with Gasteiger partial charge in [0.1, 0.15) is 80.0 Å². The monoisotopic (exact) mass is 698 g/mol. The summed E-state index contributed by atoms with van der Waals surface area (Å²) in [7, 11) is 0. The van der Waals surface area contributed by atoms with Gasteiger partial charge in [-0.1, -0.05) is 0 Å². The van der Waals surface area contributed by atoms with Crippen molar-refractivity contribution in [2.24, 2.45) is 0 Å². The molecule has 21 heteroatoms. The molecule has 39 heavy (non-hydrogen) atoms. The normalized spacial score (nSPS) is 45.5. The van der Waals surface area contributed by atoms with Gasteiger partial charge in [-0.05, 0) is 0 Å². The molecule has 3 fully saturated rings. The predicted octanol–water partition coefficient (Wildman–Crippen LogP) is -29.6. The topological polar surface area (TPSA) is 304 Å². The molecule has 2 saturated heterocycles. The van der Waals surface area contributed by atoms with E-state index in [1.165, 1.54) is 0 Å². The van der Waals surface area contributed by atoms with E-state index >= 15 is 0 Å². The van der Waals surface area contributed by atoms with E-state index in [0.717, 1.165) is 0 Å². The van der Waals surface area contributed by atoms with Crippen LogP contribution >= 0.6 is 0 Å². The van der Waals surface area contributed by atoms with Crippen molar-refractivity contribution < 1.29 is 153 Å². The summed E-state index contributed by atoms with van der Waals surface area (Å²) in [5.41, 5.74) is 23.3. The van der Waals surface area contributed by atoms with E-state index in [2.05, 4.69) is 34.4 Å². The summed E-state index contributed by atoms with van der Waals surface area (Å²) in [6, 6.07) is -2.26. The third-order valence-corrected chi connectivity index (χ3v) is 7.05. The van der Waals surface area contributed by atoms with Crippen molar-refractivity contribution >= 4 is 0 Å². The molecule has 0 aromatic heterocycles. The van der Waals surface area contributed by atoms with E-state index in [4.69, 9.17) is 18.9 Å². The molecule has 15 nitrogen and oxygen atoms in total. The molecular formula is C18H44Cl6N6O9. The number of hydrogen-bond acceptors (Lipinski definition) is 9. The fraction of sp³-hybridized carbons (Fsp3) is 1.00. The Bertz CT molecular complexity index is 660. The highest BCUT2D eigenvalue weighted by molar-refractivity contribution is 4.97. The molecule has 2 aliphatic heterocycles. The maximum Gasteiger partial charge on any atom is 0.214 e. The zero-order valence-corrected chi connectivity index (χ0v) is 25.7. The zero-order valence-electron chi connectivity index (χ0n) is 21.2. The van der Waals surface area contributed by atoms with E-state index in [9.17, 15) is 25.5 Å². The number of aliphatic hydroxyl groups excluding tert-OH is 5. The van der Waals surface area contributed by atoms with Crippen LogP contribution in [0.2, 0.25) is 0 Å². The van der Waals surface area contributed by atoms with Gasteiger partial charge in [0.2, 0.25) is 6.29 Å². The van der Waals surface area contributed by atoms with Gasteiger partial charge in [-0.2, -0.15) is 0 Å². The zero-order chi connectivity index (χ0) is 24.6. The van der Waals surface area contributed by atoms with Crippen LogP contribution < -0.4 is 109 Å². The van der Waals surface area contributed by atoms with Crippen molar-refractivity contribution in [3.63, 3.8) is 0 Å². The molecule has 0 aromatic rings. The first-order valence-corrected chi connectivity index (χ1v) is 11.4. The van der Waals surface area contributed by atoms with E-state index in [0.29, 0.717) is 13.0 Å². The van der Waals surface area contributed by atoms with Gasteiger partial charge in [-0.15, -0.1) is 0 Å². The molecule has 1 saturated carbocycles. The van der Waals surface area contributed by atoms with Crippen molar-refractivity contribution in [1.29, 1.82) is 0 Å². The Morgan fingerprint density at radius 1 is 0.538 bits per heavy atom. The van der Waals surface area contributed by atoms with Crippen molar-refractivity contribution in [1.82, 2.24) is 0 Å². The van der Waals surface area contributed by atoms with Crippen LogP contribution in [0, 0.1) is 0 Å². The van der Waals surface area contributed by atoms with Crippen molar-refractivity contribution in [3.8, 4) is 0 Å². The van der Waals surface area contributed by atoms with Crippen LogP contribution in [-0.4, -0.2) is 130 Å². The molecule has 1 aliphatic carbocycles. The minimum atomic E-state index is -1.41. The summed E-state index contributed by atoms with van der Waals surface area (Å²) >= 11 is 0. The van der Waals surface area contributed by atoms with E-state index < -0.39 is 91.7 Å². The SMILES string of the molecule is [Cl-].[Cl-].[Cl-].[Cl-].[Cl-].[Cl-].[NH3+]C[C@H]1O[C@@H](O[C@@H]2[C@@H](O)[C@H]([NH3+])C[C@H]([NH3+])[C@H]2O[C@H]2O[C@H](C[NH3+])[C@@H](O)[C@H](O)[C@H]2[NH3+])[C@H](O)[C@@H](O)[C@@H]1[NH3+]. The Hall–Kier alpha value is 1.14. The minimum Gasteiger partial charge on any atom is -1.00 e. The minimum absolute atomic E-state index is 0. The van der Waals surface area contributed by atoms with Crippen LogP contribution in [0.25, 0.3) is 0 Å². The molecule has 0 bridgehead atoms. The molecule has 242 valence electrons. The van der Waals surface area contributed by atoms with Gasteiger partial charge in [0.15, 0.2) is 18.4 Å². The van der Waals surface area contributed by atoms with Crippen LogP contribution in [0.3, 0.4) is 0 Å². The van der Waals surface area contributed by atoms with Crippen molar-refractivity contribution in [2.75, 3.05) is 13.1 Å². The molecule has 0 unspecified atom stereocenters. The number of rotatable bonds is 6. The van der Waals surface area contributed by atoms with Gasteiger partial charge in [0.05, 0.1) is 6.42 Å². The molecule has 0 amide bonds. The second-order valence-electron chi connectivity index (χ2n) is 9.40. The molecule has 15 atom stereocenters. The average Bonchev–Trinajstić information content (AvgIpc) is 2.79. The largest absolute Gasteiger partial charge is 1.00 e. The summed E-state index contributed by atoms with van der Waals surface area (Å²) in [5.74, 6) is 0. The van der Waals surface area contributed by atoms with Gasteiger partial charge < -0.3 is 153 Å². The first-order chi connectivity index (χ1) is 15.5. The maximum atomic E-state index is 10.9. The predicted molar refractivity (Wildman–Crippen MR) is 104 cm³/mol. The maximum absolute atomic E-state index is 10.9. The van der Waals surface area contributed by atoms with Crippen molar-refractivity contribution in [2.45, 2.75) is 98.1 Å². The Morgan fingerprint density at radius 2 is 1.00 bits per heavy atom. The first kappa shape index (κ1) is 47.1. The van der Waals surface area contributed by atoms with Gasteiger partial charge in [0.25, 0.3) is 0 Å². The van der Waals surface area contributed by atoms with Crippen LogP contribution in [0.1, 0.15) is 6.42 Å². The quantitative estimate of drug-likeness (QED) is 0.125. The van der Waals surface area contributed by atoms with E-state index in [1.54, 1.807) is 0 Å². The van der Waals surface area contributed by atoms with Gasteiger partial charge in [0, 0.05) is 0 Å². The van der Waals surface area contributed by atoms with E-state index in [1.807, 2.05) is 0 Å². The fourth-order valence-corrected chi connectivity index (χ4v) is 4.79.